The number of hydrogen-bond acceptors (Lipinski definition) is 5. The van der Waals surface area contributed by atoms with Gasteiger partial charge >= 0.3 is 0 Å². The van der Waals surface area contributed by atoms with Crippen LogP contribution in [0.15, 0.2) is 33.6 Å². The maximum atomic E-state index is 12.5. The smallest absolute Gasteiger partial charge is 0.286 e. The SMILES string of the molecule is CCCCN1C(SCC(=O)N2CCCC2)=NS(=O)(=O)c2ccccc21. The Morgan fingerprint density at radius 2 is 1.96 bits per heavy atom. The van der Waals surface area contributed by atoms with Gasteiger partial charge in [-0.1, -0.05) is 37.2 Å². The molecular weight excluding hydrogens is 358 g/mol. The standard InChI is InChI=1S/C17H23N3O3S2/c1-2-3-12-20-14-8-4-5-9-15(14)25(22,23)18-17(20)24-13-16(21)19-10-6-7-11-19/h4-5,8-9H,2-3,6-7,10-13H2,1H3. The number of benzene rings is 1. The van der Waals surface area contributed by atoms with Gasteiger partial charge in [-0.25, -0.2) is 0 Å². The monoisotopic (exact) mass is 381 g/mol. The third-order valence-corrected chi connectivity index (χ3v) is 6.77. The number of unbranched alkanes of at least 4 members (excludes halogenated alkanes) is 1. The highest BCUT2D eigenvalue weighted by Gasteiger charge is 2.31. The Balaban J connectivity index is 1.82. The molecule has 0 N–H and O–H groups in total. The number of rotatable bonds is 5. The minimum atomic E-state index is -3.72. The molecule has 0 aliphatic carbocycles. The molecule has 6 nitrogen and oxygen atoms in total. The van der Waals surface area contributed by atoms with Crippen LogP contribution in [0.25, 0.3) is 0 Å². The predicted octanol–water partition coefficient (Wildman–Crippen LogP) is 2.71. The molecule has 3 rings (SSSR count). The summed E-state index contributed by atoms with van der Waals surface area (Å²) in [5, 5.41) is 0.402. The fraction of sp³-hybridized carbons (Fsp3) is 0.529. The van der Waals surface area contributed by atoms with E-state index in [1.165, 1.54) is 11.8 Å². The van der Waals surface area contributed by atoms with Gasteiger partial charge in [0, 0.05) is 19.6 Å². The Bertz CT molecular complexity index is 771. The minimum Gasteiger partial charge on any atom is -0.342 e. The topological polar surface area (TPSA) is 70.1 Å². The van der Waals surface area contributed by atoms with Crippen LogP contribution in [-0.2, 0) is 14.8 Å². The molecule has 2 aliphatic heterocycles. The van der Waals surface area contributed by atoms with Crippen molar-refractivity contribution in [2.45, 2.75) is 37.5 Å². The summed E-state index contributed by atoms with van der Waals surface area (Å²) in [6.45, 7) is 4.37. The van der Waals surface area contributed by atoms with E-state index >= 15 is 0 Å². The van der Waals surface area contributed by atoms with Crippen molar-refractivity contribution >= 4 is 38.5 Å². The van der Waals surface area contributed by atoms with Gasteiger partial charge in [-0.15, -0.1) is 4.40 Å². The van der Waals surface area contributed by atoms with Crippen molar-refractivity contribution in [2.24, 2.45) is 4.40 Å². The lowest BCUT2D eigenvalue weighted by Crippen LogP contribution is -2.36. The van der Waals surface area contributed by atoms with Gasteiger partial charge in [-0.2, -0.15) is 8.42 Å². The third-order valence-electron chi connectivity index (χ3n) is 4.38. The first kappa shape index (κ1) is 18.3. The molecule has 2 heterocycles. The van der Waals surface area contributed by atoms with Crippen LogP contribution in [0.4, 0.5) is 5.69 Å². The lowest BCUT2D eigenvalue weighted by atomic mass is 10.2. The molecule has 0 radical (unpaired) electrons. The second kappa shape index (κ2) is 7.78. The van der Waals surface area contributed by atoms with Crippen LogP contribution in [0.2, 0.25) is 0 Å². The number of amidine groups is 1. The number of carbonyl (C=O) groups excluding carboxylic acids is 1. The molecule has 1 saturated heterocycles. The van der Waals surface area contributed by atoms with Gasteiger partial charge < -0.3 is 9.80 Å². The number of nitrogens with zero attached hydrogens (tertiary/aromatic N) is 3. The summed E-state index contributed by atoms with van der Waals surface area (Å²) < 4.78 is 29.0. The molecule has 25 heavy (non-hydrogen) atoms. The van der Waals surface area contributed by atoms with Gasteiger partial charge in [0.2, 0.25) is 5.91 Å². The van der Waals surface area contributed by atoms with Crippen molar-refractivity contribution < 1.29 is 13.2 Å². The molecule has 2 aliphatic rings. The number of para-hydroxylation sites is 1. The highest BCUT2D eigenvalue weighted by atomic mass is 32.2. The van der Waals surface area contributed by atoms with Crippen LogP contribution in [0.3, 0.4) is 0 Å². The molecule has 0 saturated carbocycles. The molecule has 1 amide bonds. The largest absolute Gasteiger partial charge is 0.342 e. The number of likely N-dealkylation sites (tertiary alicyclic amines) is 1. The fourth-order valence-electron chi connectivity index (χ4n) is 3.02. The quantitative estimate of drug-likeness (QED) is 0.784. The summed E-state index contributed by atoms with van der Waals surface area (Å²) in [5.74, 6) is 0.274. The molecule has 1 aromatic rings. The lowest BCUT2D eigenvalue weighted by molar-refractivity contribution is -0.127. The Kier molecular flexibility index (Phi) is 5.68. The van der Waals surface area contributed by atoms with Crippen LogP contribution < -0.4 is 4.90 Å². The van der Waals surface area contributed by atoms with Gasteiger partial charge in [0.05, 0.1) is 11.4 Å². The predicted molar refractivity (Wildman–Crippen MR) is 102 cm³/mol. The maximum absolute atomic E-state index is 12.5. The normalized spacial score (nSPS) is 18.8. The highest BCUT2D eigenvalue weighted by Crippen LogP contribution is 2.34. The zero-order chi connectivity index (χ0) is 17.9. The summed E-state index contributed by atoms with van der Waals surface area (Å²) in [5.41, 5.74) is 0.655. The summed E-state index contributed by atoms with van der Waals surface area (Å²) >= 11 is 1.22. The summed E-state index contributed by atoms with van der Waals surface area (Å²) in [4.78, 5) is 16.3. The van der Waals surface area contributed by atoms with Crippen molar-refractivity contribution in [2.75, 3.05) is 30.3 Å². The summed E-state index contributed by atoms with van der Waals surface area (Å²) in [6, 6.07) is 6.93. The lowest BCUT2D eigenvalue weighted by Gasteiger charge is -2.30. The zero-order valence-electron chi connectivity index (χ0n) is 14.3. The van der Waals surface area contributed by atoms with Gasteiger partial charge in [-0.05, 0) is 31.4 Å². The second-order valence-electron chi connectivity index (χ2n) is 6.20. The van der Waals surface area contributed by atoms with Crippen molar-refractivity contribution in [3.63, 3.8) is 0 Å². The van der Waals surface area contributed by atoms with E-state index in [1.807, 2.05) is 15.9 Å². The highest BCUT2D eigenvalue weighted by molar-refractivity contribution is 8.15. The van der Waals surface area contributed by atoms with Crippen LogP contribution in [0.5, 0.6) is 0 Å². The van der Waals surface area contributed by atoms with Gasteiger partial charge in [0.25, 0.3) is 10.0 Å². The van der Waals surface area contributed by atoms with Gasteiger partial charge in [0.15, 0.2) is 5.17 Å². The van der Waals surface area contributed by atoms with E-state index in [4.69, 9.17) is 0 Å². The van der Waals surface area contributed by atoms with Crippen LogP contribution in [0, 0.1) is 0 Å². The van der Waals surface area contributed by atoms with E-state index in [0.29, 0.717) is 17.4 Å². The minimum absolute atomic E-state index is 0.0527. The number of fused-ring (bicyclic) bond motifs is 1. The summed E-state index contributed by atoms with van der Waals surface area (Å²) in [6.07, 6.45) is 4.01. The number of thioether (sulfide) groups is 1. The third kappa shape index (κ3) is 4.00. The van der Waals surface area contributed by atoms with E-state index in [9.17, 15) is 13.2 Å². The van der Waals surface area contributed by atoms with E-state index in [0.717, 1.165) is 38.8 Å². The maximum Gasteiger partial charge on any atom is 0.286 e. The molecule has 8 heteroatoms. The van der Waals surface area contributed by atoms with Crippen molar-refractivity contribution in [1.82, 2.24) is 4.90 Å². The van der Waals surface area contributed by atoms with Crippen molar-refractivity contribution in [1.29, 1.82) is 0 Å². The van der Waals surface area contributed by atoms with Crippen LogP contribution in [-0.4, -0.2) is 49.8 Å². The van der Waals surface area contributed by atoms with Gasteiger partial charge in [-0.3, -0.25) is 4.79 Å². The Morgan fingerprint density at radius 3 is 2.68 bits per heavy atom. The van der Waals surface area contributed by atoms with Crippen molar-refractivity contribution in [3.05, 3.63) is 24.3 Å². The van der Waals surface area contributed by atoms with E-state index < -0.39 is 10.0 Å². The number of hydrogen-bond donors (Lipinski definition) is 0. The fourth-order valence-corrected chi connectivity index (χ4v) is 5.40. The number of sulfonamides is 1. The van der Waals surface area contributed by atoms with E-state index in [-0.39, 0.29) is 16.6 Å². The molecule has 0 spiro atoms. The average Bonchev–Trinajstić information content (AvgIpc) is 3.13. The number of amides is 1. The molecular formula is C17H23N3O3S2. The Hall–Kier alpha value is -1.54. The van der Waals surface area contributed by atoms with Crippen molar-refractivity contribution in [3.8, 4) is 0 Å². The Labute approximate surface area is 153 Å². The molecule has 0 atom stereocenters. The van der Waals surface area contributed by atoms with Crippen LogP contribution in [0.1, 0.15) is 32.6 Å². The molecule has 0 bridgehead atoms. The first-order valence-electron chi connectivity index (χ1n) is 8.65. The molecule has 1 aromatic carbocycles. The first-order valence-corrected chi connectivity index (χ1v) is 11.1. The van der Waals surface area contributed by atoms with Crippen LogP contribution >= 0.6 is 11.8 Å². The van der Waals surface area contributed by atoms with E-state index in [2.05, 4.69) is 11.3 Å². The zero-order valence-corrected chi connectivity index (χ0v) is 16.0. The molecule has 0 aromatic heterocycles. The first-order chi connectivity index (χ1) is 12.0. The number of anilines is 1. The second-order valence-corrected chi connectivity index (χ2v) is 8.71. The van der Waals surface area contributed by atoms with E-state index in [1.54, 1.807) is 18.2 Å². The Morgan fingerprint density at radius 1 is 1.24 bits per heavy atom. The molecule has 136 valence electrons. The summed E-state index contributed by atoms with van der Waals surface area (Å²) in [7, 11) is -3.72. The van der Waals surface area contributed by atoms with Gasteiger partial charge in [0.1, 0.15) is 4.90 Å². The molecule has 0 unspecified atom stereocenters. The number of carbonyl (C=O) groups is 1. The average molecular weight is 382 g/mol. The molecule has 1 fully saturated rings.